The normalized spacial score (nSPS) is 10.9. The summed E-state index contributed by atoms with van der Waals surface area (Å²) in [6.45, 7) is 0.766. The molecular formula is C18H21N5O2. The zero-order chi connectivity index (χ0) is 18.1. The second-order valence-corrected chi connectivity index (χ2v) is 5.34. The number of carbonyl (C=O) groups excluding carboxylic acids is 2. The zero-order valence-electron chi connectivity index (χ0n) is 14.3. The first-order chi connectivity index (χ1) is 12.1. The van der Waals surface area contributed by atoms with Gasteiger partial charge in [0.1, 0.15) is 5.70 Å². The number of benzene rings is 1. The summed E-state index contributed by atoms with van der Waals surface area (Å²) in [5.41, 5.74) is 2.05. The van der Waals surface area contributed by atoms with Gasteiger partial charge in [-0.1, -0.05) is 30.3 Å². The van der Waals surface area contributed by atoms with Gasteiger partial charge >= 0.3 is 0 Å². The van der Waals surface area contributed by atoms with Gasteiger partial charge in [0.2, 0.25) is 12.4 Å². The van der Waals surface area contributed by atoms with E-state index in [1.807, 2.05) is 30.1 Å². The Morgan fingerprint density at radius 1 is 1.24 bits per heavy atom. The number of likely N-dealkylation sites (N-methyl/N-ethyl adjacent to an activating group) is 2. The van der Waals surface area contributed by atoms with Crippen molar-refractivity contribution in [3.05, 3.63) is 59.5 Å². The Hall–Kier alpha value is -3.22. The molecule has 130 valence electrons. The van der Waals surface area contributed by atoms with E-state index in [1.54, 1.807) is 25.4 Å². The summed E-state index contributed by atoms with van der Waals surface area (Å²) >= 11 is 0. The number of hydrogen-bond donors (Lipinski definition) is 2. The molecule has 0 aliphatic carbocycles. The Bertz CT molecular complexity index is 746. The van der Waals surface area contributed by atoms with E-state index >= 15 is 0 Å². The minimum absolute atomic E-state index is 0.240. The number of aromatic nitrogens is 2. The minimum Gasteiger partial charge on any atom is -0.384 e. The van der Waals surface area contributed by atoms with Gasteiger partial charge in [-0.15, -0.1) is 0 Å². The van der Waals surface area contributed by atoms with Gasteiger partial charge in [0.25, 0.3) is 5.91 Å². The lowest BCUT2D eigenvalue weighted by Crippen LogP contribution is -2.29. The molecule has 1 aromatic heterocycles. The summed E-state index contributed by atoms with van der Waals surface area (Å²) in [6.07, 6.45) is 4.42. The van der Waals surface area contributed by atoms with Crippen LogP contribution in [0.4, 0.5) is 5.95 Å². The van der Waals surface area contributed by atoms with E-state index in [-0.39, 0.29) is 5.70 Å². The minimum atomic E-state index is -0.518. The molecule has 7 nitrogen and oxygen atoms in total. The van der Waals surface area contributed by atoms with Gasteiger partial charge in [-0.3, -0.25) is 14.9 Å². The quantitative estimate of drug-likeness (QED) is 0.551. The maximum atomic E-state index is 11.7. The molecule has 0 aliphatic heterocycles. The molecule has 0 atom stereocenters. The molecule has 0 aliphatic rings. The summed E-state index contributed by atoms with van der Waals surface area (Å²) in [5.74, 6) is 0.0472. The van der Waals surface area contributed by atoms with E-state index in [0.717, 1.165) is 13.0 Å². The van der Waals surface area contributed by atoms with Gasteiger partial charge in [0.15, 0.2) is 0 Å². The number of nitrogens with one attached hydrogen (secondary N) is 2. The van der Waals surface area contributed by atoms with Crippen molar-refractivity contribution in [3.8, 4) is 0 Å². The molecule has 1 heterocycles. The van der Waals surface area contributed by atoms with Gasteiger partial charge < -0.3 is 10.2 Å². The van der Waals surface area contributed by atoms with Crippen LogP contribution in [0.25, 0.3) is 6.08 Å². The molecule has 1 aromatic carbocycles. The highest BCUT2D eigenvalue weighted by atomic mass is 16.2. The molecule has 2 N–H and O–H groups in total. The van der Waals surface area contributed by atoms with Crippen molar-refractivity contribution in [3.63, 3.8) is 0 Å². The molecule has 2 rings (SSSR count). The predicted molar refractivity (Wildman–Crippen MR) is 96.7 cm³/mol. The first-order valence-electron chi connectivity index (χ1n) is 7.86. The largest absolute Gasteiger partial charge is 0.384 e. The monoisotopic (exact) mass is 339 g/mol. The molecule has 2 amide bonds. The van der Waals surface area contributed by atoms with Crippen molar-refractivity contribution >= 4 is 24.3 Å². The molecular weight excluding hydrogens is 318 g/mol. The SMILES string of the molecule is CN/C(=C\c1ccnc(N(C)CCc2ccccc2)n1)C(=O)NC=O. The summed E-state index contributed by atoms with van der Waals surface area (Å²) in [4.78, 5) is 32.8. The second-order valence-electron chi connectivity index (χ2n) is 5.34. The van der Waals surface area contributed by atoms with Crippen LogP contribution in [-0.4, -0.2) is 42.9 Å². The molecule has 0 saturated carbocycles. The number of nitrogens with zero attached hydrogens (tertiary/aromatic N) is 3. The first-order valence-corrected chi connectivity index (χ1v) is 7.86. The van der Waals surface area contributed by atoms with E-state index in [2.05, 4.69) is 32.7 Å². The fourth-order valence-corrected chi connectivity index (χ4v) is 2.20. The molecule has 0 radical (unpaired) electrons. The standard InChI is InChI=1S/C18H21N5O2/c1-19-16(17(25)21-13-24)12-15-8-10-20-18(22-15)23(2)11-9-14-6-4-3-5-7-14/h3-8,10,12-13,19H,9,11H2,1-2H3,(H,21,24,25)/b16-12-. The molecule has 0 fully saturated rings. The molecule has 25 heavy (non-hydrogen) atoms. The number of rotatable bonds is 8. The highest BCUT2D eigenvalue weighted by Gasteiger charge is 2.09. The molecule has 2 aromatic rings. The van der Waals surface area contributed by atoms with Gasteiger partial charge in [-0.2, -0.15) is 0 Å². The number of hydrogen-bond acceptors (Lipinski definition) is 6. The van der Waals surface area contributed by atoms with Crippen molar-refractivity contribution in [2.75, 3.05) is 25.5 Å². The van der Waals surface area contributed by atoms with Crippen molar-refractivity contribution in [2.24, 2.45) is 0 Å². The van der Waals surface area contributed by atoms with Crippen molar-refractivity contribution in [1.29, 1.82) is 0 Å². The lowest BCUT2D eigenvalue weighted by Gasteiger charge is -2.17. The lowest BCUT2D eigenvalue weighted by atomic mass is 10.1. The van der Waals surface area contributed by atoms with E-state index in [1.165, 1.54) is 5.56 Å². The average molecular weight is 339 g/mol. The van der Waals surface area contributed by atoms with E-state index in [4.69, 9.17) is 0 Å². The summed E-state index contributed by atoms with van der Waals surface area (Å²) in [7, 11) is 3.52. The van der Waals surface area contributed by atoms with Crippen LogP contribution in [0, 0.1) is 0 Å². The Morgan fingerprint density at radius 2 is 2.00 bits per heavy atom. The van der Waals surface area contributed by atoms with Gasteiger partial charge in [0.05, 0.1) is 5.69 Å². The molecule has 0 spiro atoms. The predicted octanol–water partition coefficient (Wildman–Crippen LogP) is 0.988. The van der Waals surface area contributed by atoms with Crippen LogP contribution in [0.15, 0.2) is 48.3 Å². The zero-order valence-corrected chi connectivity index (χ0v) is 14.3. The van der Waals surface area contributed by atoms with E-state index in [9.17, 15) is 9.59 Å². The van der Waals surface area contributed by atoms with Crippen LogP contribution in [-0.2, 0) is 16.0 Å². The Labute approximate surface area is 146 Å². The number of amides is 2. The third-order valence-corrected chi connectivity index (χ3v) is 3.58. The third-order valence-electron chi connectivity index (χ3n) is 3.58. The topological polar surface area (TPSA) is 87.2 Å². The van der Waals surface area contributed by atoms with Gasteiger partial charge in [-0.05, 0) is 24.1 Å². The Balaban J connectivity index is 2.09. The number of imide groups is 1. The van der Waals surface area contributed by atoms with Gasteiger partial charge in [0, 0.05) is 26.8 Å². The lowest BCUT2D eigenvalue weighted by molar-refractivity contribution is -0.122. The highest BCUT2D eigenvalue weighted by molar-refractivity contribution is 6.01. The smallest absolute Gasteiger partial charge is 0.273 e. The number of anilines is 1. The van der Waals surface area contributed by atoms with E-state index in [0.29, 0.717) is 18.1 Å². The Morgan fingerprint density at radius 3 is 2.68 bits per heavy atom. The van der Waals surface area contributed by atoms with Crippen LogP contribution in [0.3, 0.4) is 0 Å². The maximum Gasteiger partial charge on any atom is 0.273 e. The van der Waals surface area contributed by atoms with Crippen molar-refractivity contribution < 1.29 is 9.59 Å². The molecule has 7 heteroatoms. The number of carbonyl (C=O) groups is 2. The van der Waals surface area contributed by atoms with Crippen LogP contribution in [0.2, 0.25) is 0 Å². The van der Waals surface area contributed by atoms with E-state index < -0.39 is 5.91 Å². The van der Waals surface area contributed by atoms with Gasteiger partial charge in [-0.25, -0.2) is 9.97 Å². The fourth-order valence-electron chi connectivity index (χ4n) is 2.20. The van der Waals surface area contributed by atoms with Crippen LogP contribution < -0.4 is 15.5 Å². The summed E-state index contributed by atoms with van der Waals surface area (Å²) < 4.78 is 0. The van der Waals surface area contributed by atoms with Crippen LogP contribution in [0.5, 0.6) is 0 Å². The highest BCUT2D eigenvalue weighted by Crippen LogP contribution is 2.10. The maximum absolute atomic E-state index is 11.7. The fraction of sp³-hybridized carbons (Fsp3) is 0.222. The average Bonchev–Trinajstić information content (AvgIpc) is 2.65. The second kappa shape index (κ2) is 9.17. The van der Waals surface area contributed by atoms with Crippen LogP contribution in [0.1, 0.15) is 11.3 Å². The third kappa shape index (κ3) is 5.42. The van der Waals surface area contributed by atoms with Crippen molar-refractivity contribution in [2.45, 2.75) is 6.42 Å². The molecule has 0 saturated heterocycles. The molecule has 0 bridgehead atoms. The molecule has 0 unspecified atom stereocenters. The summed E-state index contributed by atoms with van der Waals surface area (Å²) in [5, 5.41) is 4.84. The van der Waals surface area contributed by atoms with Crippen LogP contribution >= 0.6 is 0 Å². The Kier molecular flexibility index (Phi) is 6.65. The first kappa shape index (κ1) is 18.1. The summed E-state index contributed by atoms with van der Waals surface area (Å²) in [6, 6.07) is 11.9. The van der Waals surface area contributed by atoms with Crippen molar-refractivity contribution in [1.82, 2.24) is 20.6 Å².